The zero-order valence-electron chi connectivity index (χ0n) is 6.37. The monoisotopic (exact) mass is 170 g/mol. The van der Waals surface area contributed by atoms with Crippen LogP contribution in [0, 0.1) is 5.95 Å². The molecule has 1 aliphatic heterocycles. The Kier molecular flexibility index (Phi) is 1.67. The average molecular weight is 170 g/mol. The van der Waals surface area contributed by atoms with Crippen molar-refractivity contribution in [3.05, 3.63) is 24.1 Å². The molecule has 1 aromatic rings. The minimum absolute atomic E-state index is 0.330. The predicted octanol–water partition coefficient (Wildman–Crippen LogP) is 1.38. The van der Waals surface area contributed by atoms with Gasteiger partial charge in [-0.3, -0.25) is 0 Å². The van der Waals surface area contributed by atoms with Crippen molar-refractivity contribution in [2.75, 3.05) is 18.0 Å². The van der Waals surface area contributed by atoms with E-state index in [0.29, 0.717) is 18.9 Å². The average Bonchev–Trinajstić information content (AvgIpc) is 1.99. The largest absolute Gasteiger partial charge is 0.351 e. The number of nitrogens with zero attached hydrogens (tertiary/aromatic N) is 2. The number of alkyl halides is 1. The van der Waals surface area contributed by atoms with E-state index in [9.17, 15) is 8.78 Å². The van der Waals surface area contributed by atoms with Gasteiger partial charge in [0.2, 0.25) is 5.95 Å². The van der Waals surface area contributed by atoms with Crippen LogP contribution in [-0.2, 0) is 0 Å². The van der Waals surface area contributed by atoms with E-state index in [1.54, 1.807) is 17.0 Å². The Hall–Kier alpha value is -1.19. The normalized spacial score (nSPS) is 17.7. The Morgan fingerprint density at radius 1 is 1.42 bits per heavy atom. The Bertz CT molecular complexity index is 284. The number of anilines is 1. The standard InChI is InChI=1S/C8H8F2N2/c9-6-4-12(5-6)8-3-1-2-7(10)11-8/h1-3,6H,4-5H2. The molecule has 12 heavy (non-hydrogen) atoms. The number of hydrogen-bond acceptors (Lipinski definition) is 2. The molecule has 4 heteroatoms. The Balaban J connectivity index is 2.13. The first-order valence-corrected chi connectivity index (χ1v) is 3.77. The van der Waals surface area contributed by atoms with Gasteiger partial charge in [0.1, 0.15) is 12.0 Å². The van der Waals surface area contributed by atoms with E-state index in [-0.39, 0.29) is 0 Å². The Morgan fingerprint density at radius 3 is 2.75 bits per heavy atom. The van der Waals surface area contributed by atoms with Crippen LogP contribution in [0.15, 0.2) is 18.2 Å². The van der Waals surface area contributed by atoms with Crippen molar-refractivity contribution >= 4 is 5.82 Å². The highest BCUT2D eigenvalue weighted by atomic mass is 19.1. The molecule has 1 fully saturated rings. The van der Waals surface area contributed by atoms with Gasteiger partial charge in [-0.15, -0.1) is 0 Å². The van der Waals surface area contributed by atoms with Gasteiger partial charge in [0.05, 0.1) is 13.1 Å². The summed E-state index contributed by atoms with van der Waals surface area (Å²) in [6.45, 7) is 0.660. The SMILES string of the molecule is Fc1cccc(N2CC(F)C2)n1. The fourth-order valence-electron chi connectivity index (χ4n) is 1.19. The summed E-state index contributed by atoms with van der Waals surface area (Å²) in [5.41, 5.74) is 0. The summed E-state index contributed by atoms with van der Waals surface area (Å²) in [6, 6.07) is 4.52. The van der Waals surface area contributed by atoms with Crippen LogP contribution < -0.4 is 4.90 Å². The van der Waals surface area contributed by atoms with Crippen molar-refractivity contribution in [2.45, 2.75) is 6.17 Å². The molecule has 2 nitrogen and oxygen atoms in total. The molecule has 1 saturated heterocycles. The van der Waals surface area contributed by atoms with E-state index in [1.165, 1.54) is 6.07 Å². The summed E-state index contributed by atoms with van der Waals surface area (Å²) in [4.78, 5) is 5.32. The summed E-state index contributed by atoms with van der Waals surface area (Å²) in [5.74, 6) is -0.00120. The van der Waals surface area contributed by atoms with Crippen LogP contribution in [0.5, 0.6) is 0 Å². The minimum Gasteiger partial charge on any atom is -0.351 e. The fraction of sp³-hybridized carbons (Fsp3) is 0.375. The quantitative estimate of drug-likeness (QED) is 0.592. The van der Waals surface area contributed by atoms with Gasteiger partial charge in [0, 0.05) is 0 Å². The first-order chi connectivity index (χ1) is 5.75. The third-order valence-electron chi connectivity index (χ3n) is 1.86. The van der Waals surface area contributed by atoms with Crippen LogP contribution in [0.25, 0.3) is 0 Å². The Morgan fingerprint density at radius 2 is 2.17 bits per heavy atom. The third kappa shape index (κ3) is 1.24. The summed E-state index contributed by atoms with van der Waals surface area (Å²) in [6.07, 6.45) is -0.782. The van der Waals surface area contributed by atoms with Gasteiger partial charge in [0.25, 0.3) is 0 Å². The summed E-state index contributed by atoms with van der Waals surface area (Å²) < 4.78 is 24.9. The topological polar surface area (TPSA) is 16.1 Å². The van der Waals surface area contributed by atoms with Gasteiger partial charge in [0.15, 0.2) is 0 Å². The lowest BCUT2D eigenvalue weighted by atomic mass is 10.2. The highest BCUT2D eigenvalue weighted by Gasteiger charge is 2.27. The number of aromatic nitrogens is 1. The third-order valence-corrected chi connectivity index (χ3v) is 1.86. The number of rotatable bonds is 1. The maximum atomic E-state index is 12.6. The Labute approximate surface area is 68.8 Å². The number of halogens is 2. The van der Waals surface area contributed by atoms with Crippen molar-refractivity contribution < 1.29 is 8.78 Å². The van der Waals surface area contributed by atoms with Gasteiger partial charge in [-0.25, -0.2) is 9.37 Å². The molecule has 0 bridgehead atoms. The van der Waals surface area contributed by atoms with E-state index in [0.717, 1.165) is 0 Å². The maximum Gasteiger partial charge on any atom is 0.214 e. The van der Waals surface area contributed by atoms with E-state index < -0.39 is 12.1 Å². The lowest BCUT2D eigenvalue weighted by molar-refractivity contribution is 0.273. The smallest absolute Gasteiger partial charge is 0.214 e. The molecule has 0 radical (unpaired) electrons. The maximum absolute atomic E-state index is 12.6. The molecule has 0 saturated carbocycles. The number of hydrogen-bond donors (Lipinski definition) is 0. The molecule has 0 spiro atoms. The van der Waals surface area contributed by atoms with Crippen molar-refractivity contribution in [3.8, 4) is 0 Å². The molecule has 2 heterocycles. The minimum atomic E-state index is -0.782. The molecule has 1 aliphatic rings. The van der Waals surface area contributed by atoms with Crippen molar-refractivity contribution in [1.82, 2.24) is 4.98 Å². The molecule has 64 valence electrons. The van der Waals surface area contributed by atoms with Crippen LogP contribution >= 0.6 is 0 Å². The second-order valence-corrected chi connectivity index (χ2v) is 2.82. The van der Waals surface area contributed by atoms with E-state index >= 15 is 0 Å². The lowest BCUT2D eigenvalue weighted by Gasteiger charge is -2.35. The van der Waals surface area contributed by atoms with Crippen LogP contribution in [-0.4, -0.2) is 24.2 Å². The fourth-order valence-corrected chi connectivity index (χ4v) is 1.19. The van der Waals surface area contributed by atoms with Crippen molar-refractivity contribution in [1.29, 1.82) is 0 Å². The molecular formula is C8H8F2N2. The molecule has 2 rings (SSSR count). The predicted molar refractivity (Wildman–Crippen MR) is 41.3 cm³/mol. The van der Waals surface area contributed by atoms with Crippen LogP contribution in [0.2, 0.25) is 0 Å². The molecule has 0 N–H and O–H groups in total. The summed E-state index contributed by atoms with van der Waals surface area (Å²) in [7, 11) is 0. The molecule has 1 aromatic heterocycles. The van der Waals surface area contributed by atoms with Crippen LogP contribution in [0.1, 0.15) is 0 Å². The molecule has 0 atom stereocenters. The second kappa shape index (κ2) is 2.69. The van der Waals surface area contributed by atoms with E-state index in [1.807, 2.05) is 0 Å². The molecule has 0 aliphatic carbocycles. The lowest BCUT2D eigenvalue weighted by Crippen LogP contribution is -2.48. The van der Waals surface area contributed by atoms with Gasteiger partial charge >= 0.3 is 0 Å². The summed E-state index contributed by atoms with van der Waals surface area (Å²) in [5, 5.41) is 0. The van der Waals surface area contributed by atoms with Gasteiger partial charge in [-0.05, 0) is 12.1 Å². The van der Waals surface area contributed by atoms with Crippen LogP contribution in [0.3, 0.4) is 0 Å². The van der Waals surface area contributed by atoms with Crippen molar-refractivity contribution in [2.24, 2.45) is 0 Å². The molecule has 0 aromatic carbocycles. The van der Waals surface area contributed by atoms with Crippen LogP contribution in [0.4, 0.5) is 14.6 Å². The summed E-state index contributed by atoms with van der Waals surface area (Å²) >= 11 is 0. The highest BCUT2D eigenvalue weighted by molar-refractivity contribution is 5.41. The first kappa shape index (κ1) is 7.46. The highest BCUT2D eigenvalue weighted by Crippen LogP contribution is 2.19. The molecular weight excluding hydrogens is 162 g/mol. The van der Waals surface area contributed by atoms with Gasteiger partial charge < -0.3 is 4.90 Å². The second-order valence-electron chi connectivity index (χ2n) is 2.82. The molecule has 0 amide bonds. The first-order valence-electron chi connectivity index (χ1n) is 3.77. The zero-order chi connectivity index (χ0) is 8.55. The van der Waals surface area contributed by atoms with Crippen molar-refractivity contribution in [3.63, 3.8) is 0 Å². The van der Waals surface area contributed by atoms with Gasteiger partial charge in [-0.1, -0.05) is 6.07 Å². The number of pyridine rings is 1. The van der Waals surface area contributed by atoms with E-state index in [2.05, 4.69) is 4.98 Å². The van der Waals surface area contributed by atoms with E-state index in [4.69, 9.17) is 0 Å². The zero-order valence-corrected chi connectivity index (χ0v) is 6.37. The molecule has 0 unspecified atom stereocenters. The van der Waals surface area contributed by atoms with Gasteiger partial charge in [-0.2, -0.15) is 4.39 Å².